The van der Waals surface area contributed by atoms with Gasteiger partial charge in [-0.1, -0.05) is 6.92 Å². The molecule has 0 fully saturated rings. The van der Waals surface area contributed by atoms with Gasteiger partial charge < -0.3 is 36.1 Å². The fourth-order valence-electron chi connectivity index (χ4n) is 5.91. The molecule has 3 aromatic rings. The second-order valence-electron chi connectivity index (χ2n) is 12.5. The van der Waals surface area contributed by atoms with Crippen molar-refractivity contribution in [3.8, 4) is 11.4 Å². The van der Waals surface area contributed by atoms with E-state index < -0.39 is 47.3 Å². The van der Waals surface area contributed by atoms with Crippen molar-refractivity contribution in [2.75, 3.05) is 17.4 Å². The molecule has 0 spiro atoms. The average molecular weight is 729 g/mol. The van der Waals surface area contributed by atoms with Crippen LogP contribution in [0.5, 0.6) is 0 Å². The van der Waals surface area contributed by atoms with Crippen molar-refractivity contribution < 1.29 is 33.4 Å². The highest BCUT2D eigenvalue weighted by atomic mass is 32.2. The number of ether oxygens (including phenoxy) is 1. The Morgan fingerprint density at radius 1 is 1.06 bits per heavy atom. The van der Waals surface area contributed by atoms with Crippen molar-refractivity contribution in [3.05, 3.63) is 62.2 Å². The summed E-state index contributed by atoms with van der Waals surface area (Å²) in [7, 11) is 0. The summed E-state index contributed by atoms with van der Waals surface area (Å²) in [5.41, 5.74) is 7.27. The van der Waals surface area contributed by atoms with Crippen molar-refractivity contribution in [1.82, 2.24) is 25.5 Å². The quantitative estimate of drug-likeness (QED) is 0.0767. The highest BCUT2D eigenvalue weighted by molar-refractivity contribution is 8.02. The molecule has 13 nitrogen and oxygen atoms in total. The third-order valence-electron chi connectivity index (χ3n) is 8.97. The van der Waals surface area contributed by atoms with Crippen LogP contribution in [0.3, 0.4) is 0 Å². The van der Waals surface area contributed by atoms with E-state index in [0.29, 0.717) is 45.6 Å². The smallest absolute Gasteiger partial charge is 0.343 e. The van der Waals surface area contributed by atoms with E-state index in [1.165, 1.54) is 31.7 Å². The number of aryl methyl sites for hydroxylation is 1. The van der Waals surface area contributed by atoms with Crippen molar-refractivity contribution in [3.63, 3.8) is 0 Å². The molecule has 4 heterocycles. The molecule has 0 aliphatic carbocycles. The first-order valence-corrected chi connectivity index (χ1v) is 18.6. The average Bonchev–Trinajstić information content (AvgIpc) is 3.44. The molecular weight excluding hydrogens is 688 g/mol. The number of cyclic esters (lactones) is 1. The second-order valence-corrected chi connectivity index (χ2v) is 14.7. The molecule has 1 aromatic carbocycles. The molecule has 0 unspecified atom stereocenters. The Bertz CT molecular complexity index is 1940. The zero-order chi connectivity index (χ0) is 36.5. The fourth-order valence-corrected chi connectivity index (χ4v) is 7.92. The van der Waals surface area contributed by atoms with E-state index in [1.54, 1.807) is 49.2 Å². The topological polar surface area (TPSA) is 195 Å². The third kappa shape index (κ3) is 7.24. The number of nitrogens with two attached hydrogens (primary N) is 1. The number of amides is 3. The molecule has 0 bridgehead atoms. The molecule has 3 amide bonds. The monoisotopic (exact) mass is 728 g/mol. The van der Waals surface area contributed by atoms with Gasteiger partial charge in [0.1, 0.15) is 24.5 Å². The number of carbonyl (C=O) groups excluding carboxylic acids is 4. The summed E-state index contributed by atoms with van der Waals surface area (Å²) < 4.78 is 21.5. The predicted molar refractivity (Wildman–Crippen MR) is 190 cm³/mol. The van der Waals surface area contributed by atoms with Gasteiger partial charge in [0.15, 0.2) is 5.60 Å². The number of thioether (sulfide) groups is 2. The highest BCUT2D eigenvalue weighted by Crippen LogP contribution is 2.41. The molecule has 16 heteroatoms. The van der Waals surface area contributed by atoms with Crippen LogP contribution in [0.4, 0.5) is 4.39 Å². The summed E-state index contributed by atoms with van der Waals surface area (Å²) in [6, 6.07) is 2.38. The third-order valence-corrected chi connectivity index (χ3v) is 11.1. The van der Waals surface area contributed by atoms with Crippen LogP contribution >= 0.6 is 23.5 Å². The summed E-state index contributed by atoms with van der Waals surface area (Å²) in [5, 5.41) is 19.8. The van der Waals surface area contributed by atoms with Gasteiger partial charge >= 0.3 is 5.97 Å². The molecule has 2 aliphatic rings. The first kappa shape index (κ1) is 37.3. The number of benzene rings is 1. The van der Waals surface area contributed by atoms with E-state index >= 15 is 0 Å². The lowest BCUT2D eigenvalue weighted by Gasteiger charge is -2.31. The summed E-state index contributed by atoms with van der Waals surface area (Å²) in [4.78, 5) is 67.6. The van der Waals surface area contributed by atoms with Crippen LogP contribution in [-0.4, -0.2) is 73.9 Å². The maximum Gasteiger partial charge on any atom is 0.343 e. The van der Waals surface area contributed by atoms with Gasteiger partial charge in [0, 0.05) is 39.8 Å². The number of nitrogens with one attached hydrogen (secondary N) is 3. The zero-order valence-corrected chi connectivity index (χ0v) is 30.1. The lowest BCUT2D eigenvalue weighted by Crippen LogP contribution is -2.53. The molecular formula is C34H41FN6O7S2. The van der Waals surface area contributed by atoms with Gasteiger partial charge in [-0.05, 0) is 57.4 Å². The number of pyridine rings is 2. The molecule has 5 rings (SSSR count). The van der Waals surface area contributed by atoms with E-state index in [2.05, 4.69) is 16.0 Å². The van der Waals surface area contributed by atoms with Crippen molar-refractivity contribution in [2.45, 2.75) is 83.7 Å². The molecule has 0 radical (unpaired) electrons. The number of hydrogen-bond acceptors (Lipinski definition) is 11. The molecule has 0 saturated carbocycles. The van der Waals surface area contributed by atoms with Gasteiger partial charge in [-0.15, -0.1) is 11.8 Å². The number of aromatic nitrogens is 2. The normalized spacial score (nSPS) is 18.0. The largest absolute Gasteiger partial charge is 0.458 e. The minimum absolute atomic E-state index is 0.0264. The summed E-state index contributed by atoms with van der Waals surface area (Å²) in [6.45, 7) is 7.90. The Morgan fingerprint density at radius 3 is 2.44 bits per heavy atom. The van der Waals surface area contributed by atoms with Crippen LogP contribution in [-0.2, 0) is 48.4 Å². The van der Waals surface area contributed by atoms with Crippen LogP contribution in [0.15, 0.2) is 23.0 Å². The lowest BCUT2D eigenvalue weighted by molar-refractivity contribution is -0.172. The maximum atomic E-state index is 14.8. The SMILES string of the molecule is CC[C@@]1(O)C(=O)OCc2c1cc1n(c2=O)Cc2c-1nc1cc(F)c(C)cc1c2CSCCSCNC(=O)[C@H](C)NC(=O)[C@H](C)NC(=O)[C@H](C)N. The molecule has 2 aromatic heterocycles. The lowest BCUT2D eigenvalue weighted by atomic mass is 9.86. The standard InChI is InChI=1S/C34H41FN6O7S2/c1-6-34(47)24-10-27-28-21(12-41(27)32(45)22(24)13-48-33(34)46)23(20-9-16(2)25(35)11-26(20)40-28)14-49-7-8-50-15-37-30(43)18(4)39-31(44)19(5)38-29(42)17(3)36/h9-11,17-19,47H,6-8,12-15,36H2,1-5H3,(H,37,43)(H,38,42)(H,39,44)/t17-,18-,19-,34-/m0/s1. The Balaban J connectivity index is 1.24. The number of halogens is 1. The number of aliphatic hydroxyl groups is 1. The fraction of sp³-hybridized carbons (Fsp3) is 0.471. The summed E-state index contributed by atoms with van der Waals surface area (Å²) in [5.74, 6) is -0.262. The molecule has 6 N–H and O–H groups in total. The van der Waals surface area contributed by atoms with Gasteiger partial charge in [-0.25, -0.2) is 14.2 Å². The predicted octanol–water partition coefficient (Wildman–Crippen LogP) is 1.92. The number of nitrogens with zero attached hydrogens (tertiary/aromatic N) is 2. The van der Waals surface area contributed by atoms with Crippen LogP contribution in [0.1, 0.15) is 61.9 Å². The van der Waals surface area contributed by atoms with E-state index in [9.17, 15) is 33.5 Å². The zero-order valence-electron chi connectivity index (χ0n) is 28.5. The minimum Gasteiger partial charge on any atom is -0.458 e. The van der Waals surface area contributed by atoms with Crippen molar-refractivity contribution in [1.29, 1.82) is 0 Å². The van der Waals surface area contributed by atoms with Crippen LogP contribution in [0, 0.1) is 12.7 Å². The van der Waals surface area contributed by atoms with Gasteiger partial charge in [0.2, 0.25) is 17.7 Å². The number of esters is 1. The van der Waals surface area contributed by atoms with Gasteiger partial charge in [-0.2, -0.15) is 11.8 Å². The van der Waals surface area contributed by atoms with E-state index in [4.69, 9.17) is 15.5 Å². The van der Waals surface area contributed by atoms with Crippen LogP contribution < -0.4 is 27.2 Å². The first-order chi connectivity index (χ1) is 23.7. The second kappa shape index (κ2) is 15.1. The van der Waals surface area contributed by atoms with Crippen LogP contribution in [0.2, 0.25) is 0 Å². The maximum absolute atomic E-state index is 14.8. The molecule has 4 atom stereocenters. The molecule has 50 heavy (non-hydrogen) atoms. The van der Waals surface area contributed by atoms with Gasteiger partial charge in [0.05, 0.1) is 40.9 Å². The van der Waals surface area contributed by atoms with Gasteiger partial charge in [-0.3, -0.25) is 19.2 Å². The van der Waals surface area contributed by atoms with Crippen molar-refractivity contribution in [2.24, 2.45) is 5.73 Å². The number of fused-ring (bicyclic) bond motifs is 5. The highest BCUT2D eigenvalue weighted by Gasteiger charge is 2.45. The summed E-state index contributed by atoms with van der Waals surface area (Å²) in [6.07, 6.45) is 0.0264. The first-order valence-electron chi connectivity index (χ1n) is 16.3. The molecule has 0 saturated heterocycles. The Hall–Kier alpha value is -3.99. The Labute approximate surface area is 296 Å². The molecule has 268 valence electrons. The summed E-state index contributed by atoms with van der Waals surface area (Å²) >= 11 is 3.15. The minimum atomic E-state index is -1.95. The Kier molecular flexibility index (Phi) is 11.2. The van der Waals surface area contributed by atoms with Crippen molar-refractivity contribution >= 4 is 58.1 Å². The number of hydrogen-bond donors (Lipinski definition) is 5. The number of rotatable bonds is 13. The number of carbonyl (C=O) groups is 4. The van der Waals surface area contributed by atoms with E-state index in [1.807, 2.05) is 0 Å². The molecule has 2 aliphatic heterocycles. The Morgan fingerprint density at radius 2 is 1.74 bits per heavy atom. The van der Waals surface area contributed by atoms with E-state index in [0.717, 1.165) is 16.5 Å². The van der Waals surface area contributed by atoms with Crippen LogP contribution in [0.25, 0.3) is 22.3 Å². The van der Waals surface area contributed by atoms with Gasteiger partial charge in [0.25, 0.3) is 5.56 Å². The van der Waals surface area contributed by atoms with E-state index in [-0.39, 0.29) is 42.2 Å².